The van der Waals surface area contributed by atoms with E-state index in [1.807, 2.05) is 0 Å². The summed E-state index contributed by atoms with van der Waals surface area (Å²) in [7, 11) is 0. The second-order valence-electron chi connectivity index (χ2n) is 5.71. The van der Waals surface area contributed by atoms with E-state index in [-0.39, 0.29) is 23.7 Å². The van der Waals surface area contributed by atoms with Crippen LogP contribution in [0.1, 0.15) is 42.5 Å². The normalized spacial score (nSPS) is 15.2. The summed E-state index contributed by atoms with van der Waals surface area (Å²) < 4.78 is 13.6. The molecule has 1 saturated carbocycles. The minimum absolute atomic E-state index is 0.158. The van der Waals surface area contributed by atoms with Crippen LogP contribution in [0.15, 0.2) is 36.7 Å². The number of halogens is 1. The lowest BCUT2D eigenvalue weighted by molar-refractivity contribution is 0.0927. The van der Waals surface area contributed by atoms with Crippen LogP contribution in [0, 0.1) is 5.82 Å². The fourth-order valence-electron chi connectivity index (χ4n) is 2.71. The number of nitrogens with one attached hydrogen (secondary N) is 2. The van der Waals surface area contributed by atoms with Crippen molar-refractivity contribution < 1.29 is 9.18 Å². The van der Waals surface area contributed by atoms with Crippen molar-refractivity contribution in [3.63, 3.8) is 0 Å². The largest absolute Gasteiger partial charge is 0.349 e. The molecule has 1 aliphatic carbocycles. The molecule has 2 aromatic rings. The maximum atomic E-state index is 13.6. The Labute approximate surface area is 134 Å². The number of amides is 1. The average Bonchev–Trinajstić information content (AvgIpc) is 2.58. The summed E-state index contributed by atoms with van der Waals surface area (Å²) in [6, 6.07) is 6.53. The smallest absolute Gasteiger partial charge is 0.254 e. The quantitative estimate of drug-likeness (QED) is 0.907. The van der Waals surface area contributed by atoms with Crippen LogP contribution < -0.4 is 10.6 Å². The molecule has 0 unspecified atom stereocenters. The fourth-order valence-corrected chi connectivity index (χ4v) is 2.71. The van der Waals surface area contributed by atoms with Gasteiger partial charge in [-0.25, -0.2) is 14.4 Å². The summed E-state index contributed by atoms with van der Waals surface area (Å²) in [6.45, 7) is 0. The lowest BCUT2D eigenvalue weighted by Gasteiger charge is -2.22. The predicted octanol–water partition coefficient (Wildman–Crippen LogP) is 3.42. The molecule has 3 rings (SSSR count). The van der Waals surface area contributed by atoms with Gasteiger partial charge in [-0.15, -0.1) is 0 Å². The Bertz CT molecular complexity index is 669. The first kappa shape index (κ1) is 15.4. The second-order valence-corrected chi connectivity index (χ2v) is 5.71. The maximum Gasteiger partial charge on any atom is 0.254 e. The molecule has 0 spiro atoms. The van der Waals surface area contributed by atoms with Gasteiger partial charge in [-0.1, -0.05) is 31.4 Å². The standard InChI is InChI=1S/C17H19FN4O/c18-14-8-4-5-9-15(14)22-17-19-10-12(11-20-17)16(23)21-13-6-2-1-3-7-13/h4-5,8-11,13H,1-3,6-7H2,(H,21,23)(H,19,20,22). The third kappa shape index (κ3) is 4.03. The zero-order valence-electron chi connectivity index (χ0n) is 12.8. The van der Waals surface area contributed by atoms with E-state index in [0.29, 0.717) is 11.3 Å². The summed E-state index contributed by atoms with van der Waals surface area (Å²) in [6.07, 6.45) is 8.52. The Morgan fingerprint density at radius 2 is 1.78 bits per heavy atom. The molecule has 5 nitrogen and oxygen atoms in total. The van der Waals surface area contributed by atoms with E-state index >= 15 is 0 Å². The van der Waals surface area contributed by atoms with Crippen molar-refractivity contribution in [3.8, 4) is 0 Å². The molecule has 1 aromatic carbocycles. The molecule has 1 fully saturated rings. The number of hydrogen-bond acceptors (Lipinski definition) is 4. The van der Waals surface area contributed by atoms with Crippen LogP contribution in [0.25, 0.3) is 0 Å². The maximum absolute atomic E-state index is 13.6. The molecule has 1 aromatic heterocycles. The van der Waals surface area contributed by atoms with Gasteiger partial charge in [0, 0.05) is 18.4 Å². The van der Waals surface area contributed by atoms with E-state index < -0.39 is 0 Å². The highest BCUT2D eigenvalue weighted by molar-refractivity contribution is 5.93. The third-order valence-electron chi connectivity index (χ3n) is 3.97. The molecule has 120 valence electrons. The van der Waals surface area contributed by atoms with Crippen LogP contribution in [0.4, 0.5) is 16.0 Å². The highest BCUT2D eigenvalue weighted by Crippen LogP contribution is 2.18. The minimum Gasteiger partial charge on any atom is -0.349 e. The van der Waals surface area contributed by atoms with Crippen molar-refractivity contribution in [1.82, 2.24) is 15.3 Å². The van der Waals surface area contributed by atoms with E-state index in [1.165, 1.54) is 24.9 Å². The van der Waals surface area contributed by atoms with Gasteiger partial charge in [-0.2, -0.15) is 0 Å². The number of anilines is 2. The second kappa shape index (κ2) is 7.17. The zero-order valence-corrected chi connectivity index (χ0v) is 12.8. The highest BCUT2D eigenvalue weighted by Gasteiger charge is 2.17. The molecule has 1 heterocycles. The monoisotopic (exact) mass is 314 g/mol. The molecular formula is C17H19FN4O. The van der Waals surface area contributed by atoms with Crippen LogP contribution in [0.2, 0.25) is 0 Å². The van der Waals surface area contributed by atoms with Gasteiger partial charge in [-0.3, -0.25) is 4.79 Å². The number of benzene rings is 1. The molecule has 23 heavy (non-hydrogen) atoms. The molecule has 2 N–H and O–H groups in total. The molecule has 1 aliphatic rings. The van der Waals surface area contributed by atoms with Crippen molar-refractivity contribution in [3.05, 3.63) is 48.0 Å². The van der Waals surface area contributed by atoms with Gasteiger partial charge in [0.2, 0.25) is 5.95 Å². The molecule has 0 radical (unpaired) electrons. The molecule has 6 heteroatoms. The topological polar surface area (TPSA) is 66.9 Å². The molecule has 0 atom stereocenters. The number of aromatic nitrogens is 2. The van der Waals surface area contributed by atoms with E-state index in [4.69, 9.17) is 0 Å². The van der Waals surface area contributed by atoms with Crippen molar-refractivity contribution in [2.24, 2.45) is 0 Å². The summed E-state index contributed by atoms with van der Waals surface area (Å²) in [4.78, 5) is 20.3. The number of carbonyl (C=O) groups excluding carboxylic acids is 1. The van der Waals surface area contributed by atoms with Crippen molar-refractivity contribution in [1.29, 1.82) is 0 Å². The van der Waals surface area contributed by atoms with Crippen molar-refractivity contribution >= 4 is 17.5 Å². The van der Waals surface area contributed by atoms with E-state index in [2.05, 4.69) is 20.6 Å². The molecule has 0 saturated heterocycles. The Morgan fingerprint density at radius 1 is 1.09 bits per heavy atom. The molecule has 1 amide bonds. The van der Waals surface area contributed by atoms with E-state index in [0.717, 1.165) is 25.7 Å². The van der Waals surface area contributed by atoms with Gasteiger partial charge < -0.3 is 10.6 Å². The first-order valence-electron chi connectivity index (χ1n) is 7.87. The van der Waals surface area contributed by atoms with Crippen LogP contribution in [-0.2, 0) is 0 Å². The molecular weight excluding hydrogens is 295 g/mol. The van der Waals surface area contributed by atoms with Gasteiger partial charge >= 0.3 is 0 Å². The Kier molecular flexibility index (Phi) is 4.80. The summed E-state index contributed by atoms with van der Waals surface area (Å²) in [5.41, 5.74) is 0.710. The van der Waals surface area contributed by atoms with E-state index in [1.54, 1.807) is 18.2 Å². The Balaban J connectivity index is 1.62. The van der Waals surface area contributed by atoms with Crippen molar-refractivity contribution in [2.45, 2.75) is 38.1 Å². The number of para-hydroxylation sites is 1. The lowest BCUT2D eigenvalue weighted by Crippen LogP contribution is -2.36. The molecule has 0 bridgehead atoms. The first-order chi connectivity index (χ1) is 11.2. The van der Waals surface area contributed by atoms with Gasteiger partial charge in [0.25, 0.3) is 5.91 Å². The number of carbonyl (C=O) groups is 1. The zero-order chi connectivity index (χ0) is 16.1. The first-order valence-corrected chi connectivity index (χ1v) is 7.87. The SMILES string of the molecule is O=C(NC1CCCCC1)c1cnc(Nc2ccccc2F)nc1. The Morgan fingerprint density at radius 3 is 2.48 bits per heavy atom. The van der Waals surface area contributed by atoms with Crippen LogP contribution in [0.3, 0.4) is 0 Å². The number of rotatable bonds is 4. The van der Waals surface area contributed by atoms with Gasteiger partial charge in [0.15, 0.2) is 0 Å². The van der Waals surface area contributed by atoms with Crippen LogP contribution >= 0.6 is 0 Å². The number of nitrogens with zero attached hydrogens (tertiary/aromatic N) is 2. The van der Waals surface area contributed by atoms with Crippen LogP contribution in [-0.4, -0.2) is 21.9 Å². The van der Waals surface area contributed by atoms with Gasteiger partial charge in [0.05, 0.1) is 11.3 Å². The summed E-state index contributed by atoms with van der Waals surface area (Å²) in [5.74, 6) is -0.283. The number of hydrogen-bond donors (Lipinski definition) is 2. The Hall–Kier alpha value is -2.50. The van der Waals surface area contributed by atoms with E-state index in [9.17, 15) is 9.18 Å². The van der Waals surface area contributed by atoms with Crippen LogP contribution in [0.5, 0.6) is 0 Å². The lowest BCUT2D eigenvalue weighted by atomic mass is 9.95. The average molecular weight is 314 g/mol. The fraction of sp³-hybridized carbons (Fsp3) is 0.353. The highest BCUT2D eigenvalue weighted by atomic mass is 19.1. The minimum atomic E-state index is -0.379. The summed E-state index contributed by atoms with van der Waals surface area (Å²) >= 11 is 0. The molecule has 0 aliphatic heterocycles. The van der Waals surface area contributed by atoms with Gasteiger partial charge in [-0.05, 0) is 25.0 Å². The van der Waals surface area contributed by atoms with Gasteiger partial charge in [0.1, 0.15) is 5.82 Å². The summed E-state index contributed by atoms with van der Waals surface area (Å²) in [5, 5.41) is 5.80. The van der Waals surface area contributed by atoms with Crippen molar-refractivity contribution in [2.75, 3.05) is 5.32 Å². The third-order valence-corrected chi connectivity index (χ3v) is 3.97. The predicted molar refractivity (Wildman–Crippen MR) is 86.1 cm³/mol.